The minimum atomic E-state index is -0.678. The number of amides is 2. The maximum Gasteiger partial charge on any atom is 0.251 e. The SMILES string of the molecule is CCCC[C@@H](NC(=O)c1ccc(F)cc1)C(N)=O. The second-order valence-corrected chi connectivity index (χ2v) is 4.08. The Morgan fingerprint density at radius 1 is 1.33 bits per heavy atom. The molecule has 18 heavy (non-hydrogen) atoms. The molecule has 0 aromatic heterocycles. The molecule has 1 atom stereocenters. The van der Waals surface area contributed by atoms with E-state index < -0.39 is 23.7 Å². The van der Waals surface area contributed by atoms with Crippen molar-refractivity contribution >= 4 is 11.8 Å². The van der Waals surface area contributed by atoms with E-state index in [0.717, 1.165) is 12.8 Å². The standard InChI is InChI=1S/C13H17FN2O2/c1-2-3-4-11(12(15)17)16-13(18)9-5-7-10(14)8-6-9/h5-8,11H,2-4H2,1H3,(H2,15,17)(H,16,18)/t11-/m1/s1. The molecular weight excluding hydrogens is 235 g/mol. The van der Waals surface area contributed by atoms with Gasteiger partial charge >= 0.3 is 0 Å². The van der Waals surface area contributed by atoms with Crippen LogP contribution in [0.4, 0.5) is 4.39 Å². The lowest BCUT2D eigenvalue weighted by Crippen LogP contribution is -2.44. The number of halogens is 1. The highest BCUT2D eigenvalue weighted by molar-refractivity contribution is 5.97. The number of hydrogen-bond donors (Lipinski definition) is 2. The van der Waals surface area contributed by atoms with Crippen LogP contribution in [0, 0.1) is 5.82 Å². The third-order valence-corrected chi connectivity index (χ3v) is 2.60. The van der Waals surface area contributed by atoms with Crippen LogP contribution < -0.4 is 11.1 Å². The summed E-state index contributed by atoms with van der Waals surface area (Å²) in [7, 11) is 0. The van der Waals surface area contributed by atoms with E-state index >= 15 is 0 Å². The molecule has 4 nitrogen and oxygen atoms in total. The lowest BCUT2D eigenvalue weighted by molar-refractivity contribution is -0.120. The van der Waals surface area contributed by atoms with Gasteiger partial charge in [-0.2, -0.15) is 0 Å². The Kier molecular flexibility index (Phi) is 5.30. The second kappa shape index (κ2) is 6.74. The van der Waals surface area contributed by atoms with E-state index in [2.05, 4.69) is 5.32 Å². The van der Waals surface area contributed by atoms with Crippen molar-refractivity contribution < 1.29 is 14.0 Å². The van der Waals surface area contributed by atoms with Gasteiger partial charge in [-0.3, -0.25) is 9.59 Å². The van der Waals surface area contributed by atoms with Crippen molar-refractivity contribution in [3.8, 4) is 0 Å². The average molecular weight is 252 g/mol. The predicted molar refractivity (Wildman–Crippen MR) is 66.4 cm³/mol. The number of carbonyl (C=O) groups excluding carboxylic acids is 2. The van der Waals surface area contributed by atoms with E-state index in [1.54, 1.807) is 0 Å². The molecule has 0 unspecified atom stereocenters. The van der Waals surface area contributed by atoms with Crippen molar-refractivity contribution in [3.63, 3.8) is 0 Å². The lowest BCUT2D eigenvalue weighted by Gasteiger charge is -2.14. The first kappa shape index (κ1) is 14.2. The summed E-state index contributed by atoms with van der Waals surface area (Å²) in [6.45, 7) is 1.99. The zero-order chi connectivity index (χ0) is 13.5. The van der Waals surface area contributed by atoms with Crippen molar-refractivity contribution in [3.05, 3.63) is 35.6 Å². The molecule has 3 N–H and O–H groups in total. The van der Waals surface area contributed by atoms with E-state index in [-0.39, 0.29) is 0 Å². The highest BCUT2D eigenvalue weighted by Gasteiger charge is 2.18. The second-order valence-electron chi connectivity index (χ2n) is 4.08. The van der Waals surface area contributed by atoms with Crippen LogP contribution >= 0.6 is 0 Å². The van der Waals surface area contributed by atoms with E-state index in [9.17, 15) is 14.0 Å². The molecule has 1 aromatic carbocycles. The van der Waals surface area contributed by atoms with Gasteiger partial charge in [0, 0.05) is 5.56 Å². The highest BCUT2D eigenvalue weighted by Crippen LogP contribution is 2.05. The zero-order valence-electron chi connectivity index (χ0n) is 10.3. The van der Waals surface area contributed by atoms with Crippen LogP contribution in [0.25, 0.3) is 0 Å². The van der Waals surface area contributed by atoms with Gasteiger partial charge in [-0.25, -0.2) is 4.39 Å². The van der Waals surface area contributed by atoms with Crippen LogP contribution in [0.2, 0.25) is 0 Å². The topological polar surface area (TPSA) is 72.2 Å². The Balaban J connectivity index is 2.66. The zero-order valence-corrected chi connectivity index (χ0v) is 10.3. The molecular formula is C13H17FN2O2. The Morgan fingerprint density at radius 3 is 2.44 bits per heavy atom. The highest BCUT2D eigenvalue weighted by atomic mass is 19.1. The van der Waals surface area contributed by atoms with Crippen LogP contribution in [0.15, 0.2) is 24.3 Å². The quantitative estimate of drug-likeness (QED) is 0.807. The Morgan fingerprint density at radius 2 is 1.94 bits per heavy atom. The molecule has 0 aliphatic rings. The molecule has 0 saturated heterocycles. The van der Waals surface area contributed by atoms with Gasteiger partial charge in [0.05, 0.1) is 0 Å². The summed E-state index contributed by atoms with van der Waals surface area (Å²) in [5, 5.41) is 2.55. The number of carbonyl (C=O) groups is 2. The van der Waals surface area contributed by atoms with Crippen molar-refractivity contribution in [1.29, 1.82) is 0 Å². The van der Waals surface area contributed by atoms with Crippen LogP contribution in [-0.2, 0) is 4.79 Å². The van der Waals surface area contributed by atoms with Gasteiger partial charge < -0.3 is 11.1 Å². The van der Waals surface area contributed by atoms with Crippen LogP contribution in [0.1, 0.15) is 36.5 Å². The minimum Gasteiger partial charge on any atom is -0.368 e. The first-order valence-electron chi connectivity index (χ1n) is 5.90. The summed E-state index contributed by atoms with van der Waals surface area (Å²) in [5.74, 6) is -1.39. The summed E-state index contributed by atoms with van der Waals surface area (Å²) >= 11 is 0. The number of hydrogen-bond acceptors (Lipinski definition) is 2. The number of rotatable bonds is 6. The third-order valence-electron chi connectivity index (χ3n) is 2.60. The summed E-state index contributed by atoms with van der Waals surface area (Å²) in [4.78, 5) is 23.0. The fraction of sp³-hybridized carbons (Fsp3) is 0.385. The van der Waals surface area contributed by atoms with Gasteiger partial charge in [0.15, 0.2) is 0 Å². The van der Waals surface area contributed by atoms with E-state index in [1.807, 2.05) is 6.92 Å². The van der Waals surface area contributed by atoms with Crippen molar-refractivity contribution in [2.75, 3.05) is 0 Å². The molecule has 5 heteroatoms. The largest absolute Gasteiger partial charge is 0.368 e. The molecule has 0 saturated carbocycles. The lowest BCUT2D eigenvalue weighted by atomic mass is 10.1. The Labute approximate surface area is 105 Å². The van der Waals surface area contributed by atoms with Crippen LogP contribution in [0.5, 0.6) is 0 Å². The average Bonchev–Trinajstić information content (AvgIpc) is 2.34. The van der Waals surface area contributed by atoms with Crippen molar-refractivity contribution in [2.24, 2.45) is 5.73 Å². The van der Waals surface area contributed by atoms with Crippen LogP contribution in [0.3, 0.4) is 0 Å². The van der Waals surface area contributed by atoms with E-state index in [1.165, 1.54) is 24.3 Å². The monoisotopic (exact) mass is 252 g/mol. The van der Waals surface area contributed by atoms with Gasteiger partial charge in [-0.15, -0.1) is 0 Å². The first-order chi connectivity index (χ1) is 8.54. The smallest absolute Gasteiger partial charge is 0.251 e. The number of nitrogens with two attached hydrogens (primary N) is 1. The van der Waals surface area contributed by atoms with Crippen molar-refractivity contribution in [1.82, 2.24) is 5.32 Å². The first-order valence-corrected chi connectivity index (χ1v) is 5.90. The fourth-order valence-corrected chi connectivity index (χ4v) is 1.54. The summed E-state index contributed by atoms with van der Waals surface area (Å²) < 4.78 is 12.7. The fourth-order valence-electron chi connectivity index (χ4n) is 1.54. The van der Waals surface area contributed by atoms with Gasteiger partial charge in [0.2, 0.25) is 5.91 Å². The van der Waals surface area contributed by atoms with Gasteiger partial charge in [-0.1, -0.05) is 19.8 Å². The summed E-state index contributed by atoms with van der Waals surface area (Å²) in [5.41, 5.74) is 5.52. The molecule has 1 aromatic rings. The third kappa shape index (κ3) is 4.16. The minimum absolute atomic E-state index is 0.305. The summed E-state index contributed by atoms with van der Waals surface area (Å²) in [6, 6.07) is 4.44. The number of nitrogens with one attached hydrogen (secondary N) is 1. The van der Waals surface area contributed by atoms with Crippen LogP contribution in [-0.4, -0.2) is 17.9 Å². The number of benzene rings is 1. The normalized spacial score (nSPS) is 11.9. The molecule has 98 valence electrons. The van der Waals surface area contributed by atoms with Crippen molar-refractivity contribution in [2.45, 2.75) is 32.2 Å². The molecule has 0 spiro atoms. The molecule has 0 heterocycles. The molecule has 0 aliphatic heterocycles. The van der Waals surface area contributed by atoms with E-state index in [4.69, 9.17) is 5.73 Å². The van der Waals surface area contributed by atoms with E-state index in [0.29, 0.717) is 12.0 Å². The molecule has 2 amide bonds. The summed E-state index contributed by atoms with van der Waals surface area (Å²) in [6.07, 6.45) is 2.23. The Hall–Kier alpha value is -1.91. The maximum atomic E-state index is 12.7. The maximum absolute atomic E-state index is 12.7. The molecule has 0 bridgehead atoms. The number of primary amides is 1. The molecule has 0 fully saturated rings. The predicted octanol–water partition coefficient (Wildman–Crippen LogP) is 1.60. The van der Waals surface area contributed by atoms with Gasteiger partial charge in [0.25, 0.3) is 5.91 Å². The van der Waals surface area contributed by atoms with Gasteiger partial charge in [-0.05, 0) is 30.7 Å². The molecule has 0 aliphatic carbocycles. The van der Waals surface area contributed by atoms with Gasteiger partial charge in [0.1, 0.15) is 11.9 Å². The molecule has 0 radical (unpaired) electrons. The molecule has 1 rings (SSSR count). The number of unbranched alkanes of at least 4 members (excludes halogenated alkanes) is 1. The Bertz CT molecular complexity index is 418.